The van der Waals surface area contributed by atoms with Crippen molar-refractivity contribution in [3.63, 3.8) is 0 Å². The molecule has 1 N–H and O–H groups in total. The zero-order valence-corrected chi connectivity index (χ0v) is 15.6. The van der Waals surface area contributed by atoms with Crippen LogP contribution in [0, 0.1) is 5.92 Å². The van der Waals surface area contributed by atoms with Crippen LogP contribution in [0.5, 0.6) is 0 Å². The van der Waals surface area contributed by atoms with E-state index in [0.717, 1.165) is 59.9 Å². The number of rotatable bonds is 4. The van der Waals surface area contributed by atoms with E-state index in [-0.39, 0.29) is 5.91 Å². The summed E-state index contributed by atoms with van der Waals surface area (Å²) in [6.45, 7) is 4.20. The first-order valence-corrected chi connectivity index (χ1v) is 9.89. The molecule has 1 unspecified atom stereocenters. The van der Waals surface area contributed by atoms with E-state index in [9.17, 15) is 4.79 Å². The zero-order valence-electron chi connectivity index (χ0n) is 14.8. The Labute approximate surface area is 157 Å². The first-order chi connectivity index (χ1) is 12.7. The summed E-state index contributed by atoms with van der Waals surface area (Å²) in [7, 11) is 0. The largest absolute Gasteiger partial charge is 0.356 e. The van der Waals surface area contributed by atoms with Crippen LogP contribution in [0.25, 0.3) is 21.6 Å². The molecule has 26 heavy (non-hydrogen) atoms. The molecular weight excluding hydrogens is 344 g/mol. The molecule has 0 bridgehead atoms. The molecule has 0 aliphatic carbocycles. The summed E-state index contributed by atoms with van der Waals surface area (Å²) in [5, 5.41) is 6.11. The fourth-order valence-corrected chi connectivity index (χ4v) is 4.19. The molecule has 4 rings (SSSR count). The SMILES string of the molecule is CC(=O)NCC1CCCN(c2nc(-c3cccs3)nc3ccccc23)C1. The highest BCUT2D eigenvalue weighted by Crippen LogP contribution is 2.31. The van der Waals surface area contributed by atoms with Gasteiger partial charge in [-0.1, -0.05) is 18.2 Å². The van der Waals surface area contributed by atoms with E-state index in [0.29, 0.717) is 5.92 Å². The predicted molar refractivity (Wildman–Crippen MR) is 106 cm³/mol. The molecule has 3 aromatic rings. The number of thiophene rings is 1. The van der Waals surface area contributed by atoms with Gasteiger partial charge in [-0.15, -0.1) is 11.3 Å². The minimum atomic E-state index is 0.0367. The Hall–Kier alpha value is -2.47. The van der Waals surface area contributed by atoms with Crippen LogP contribution in [-0.2, 0) is 4.79 Å². The summed E-state index contributed by atoms with van der Waals surface area (Å²) in [5.74, 6) is 2.28. The lowest BCUT2D eigenvalue weighted by atomic mass is 9.97. The molecule has 1 aliphatic heterocycles. The van der Waals surface area contributed by atoms with Gasteiger partial charge in [0.25, 0.3) is 0 Å². The molecule has 134 valence electrons. The lowest BCUT2D eigenvalue weighted by Crippen LogP contribution is -2.41. The number of piperidine rings is 1. The van der Waals surface area contributed by atoms with Gasteiger partial charge in [0.15, 0.2) is 5.82 Å². The van der Waals surface area contributed by atoms with Crippen molar-refractivity contribution in [3.05, 3.63) is 41.8 Å². The highest BCUT2D eigenvalue weighted by Gasteiger charge is 2.23. The third-order valence-electron chi connectivity index (χ3n) is 4.78. The molecule has 0 spiro atoms. The number of fused-ring (bicyclic) bond motifs is 1. The number of hydrogen-bond acceptors (Lipinski definition) is 5. The van der Waals surface area contributed by atoms with Crippen molar-refractivity contribution >= 4 is 34.0 Å². The van der Waals surface area contributed by atoms with Crippen LogP contribution in [0.4, 0.5) is 5.82 Å². The number of anilines is 1. The molecule has 1 saturated heterocycles. The molecule has 1 fully saturated rings. The summed E-state index contributed by atoms with van der Waals surface area (Å²) < 4.78 is 0. The Morgan fingerprint density at radius 2 is 2.15 bits per heavy atom. The monoisotopic (exact) mass is 366 g/mol. The molecule has 6 heteroatoms. The maximum atomic E-state index is 11.2. The van der Waals surface area contributed by atoms with Crippen molar-refractivity contribution in [3.8, 4) is 10.7 Å². The van der Waals surface area contributed by atoms with Crippen LogP contribution in [0.2, 0.25) is 0 Å². The van der Waals surface area contributed by atoms with Crippen molar-refractivity contribution < 1.29 is 4.79 Å². The number of aromatic nitrogens is 2. The van der Waals surface area contributed by atoms with Gasteiger partial charge in [0.1, 0.15) is 5.82 Å². The number of benzene rings is 1. The van der Waals surface area contributed by atoms with Crippen molar-refractivity contribution in [2.45, 2.75) is 19.8 Å². The summed E-state index contributed by atoms with van der Waals surface area (Å²) in [6.07, 6.45) is 2.24. The van der Waals surface area contributed by atoms with Crippen LogP contribution in [0.1, 0.15) is 19.8 Å². The number of carbonyl (C=O) groups excluding carboxylic acids is 1. The van der Waals surface area contributed by atoms with Crippen LogP contribution in [0.3, 0.4) is 0 Å². The molecule has 1 amide bonds. The van der Waals surface area contributed by atoms with Gasteiger partial charge >= 0.3 is 0 Å². The summed E-state index contributed by atoms with van der Waals surface area (Å²) in [5.41, 5.74) is 0.977. The fraction of sp³-hybridized carbons (Fsp3) is 0.350. The second kappa shape index (κ2) is 7.41. The highest BCUT2D eigenvalue weighted by atomic mass is 32.1. The van der Waals surface area contributed by atoms with Crippen LogP contribution in [-0.4, -0.2) is 35.5 Å². The molecule has 1 aromatic carbocycles. The quantitative estimate of drug-likeness (QED) is 0.765. The standard InChI is InChI=1S/C20H22N4OS/c1-14(25)21-12-15-6-4-10-24(13-15)20-16-7-2-3-8-17(16)22-19(23-20)18-9-5-11-26-18/h2-3,5,7-9,11,15H,4,6,10,12-13H2,1H3,(H,21,25). The second-order valence-electron chi connectivity index (χ2n) is 6.76. The van der Waals surface area contributed by atoms with Gasteiger partial charge in [0.05, 0.1) is 10.4 Å². The molecule has 1 aliphatic rings. The topological polar surface area (TPSA) is 58.1 Å². The number of carbonyl (C=O) groups is 1. The lowest BCUT2D eigenvalue weighted by Gasteiger charge is -2.34. The fourth-order valence-electron chi connectivity index (χ4n) is 3.53. The van der Waals surface area contributed by atoms with Gasteiger partial charge in [-0.2, -0.15) is 0 Å². The smallest absolute Gasteiger partial charge is 0.216 e. The summed E-state index contributed by atoms with van der Waals surface area (Å²) >= 11 is 1.66. The minimum absolute atomic E-state index is 0.0367. The maximum Gasteiger partial charge on any atom is 0.216 e. The Balaban J connectivity index is 1.69. The molecule has 0 saturated carbocycles. The minimum Gasteiger partial charge on any atom is -0.356 e. The van der Waals surface area contributed by atoms with Gasteiger partial charge in [0.2, 0.25) is 5.91 Å². The van der Waals surface area contributed by atoms with Gasteiger partial charge in [-0.3, -0.25) is 4.79 Å². The van der Waals surface area contributed by atoms with E-state index < -0.39 is 0 Å². The van der Waals surface area contributed by atoms with E-state index in [4.69, 9.17) is 9.97 Å². The highest BCUT2D eigenvalue weighted by molar-refractivity contribution is 7.13. The first kappa shape index (κ1) is 17.0. The number of para-hydroxylation sites is 1. The van der Waals surface area contributed by atoms with Crippen molar-refractivity contribution in [1.29, 1.82) is 0 Å². The normalized spacial score (nSPS) is 17.4. The Bertz CT molecular complexity index is 909. The van der Waals surface area contributed by atoms with Crippen LogP contribution < -0.4 is 10.2 Å². The third kappa shape index (κ3) is 3.55. The van der Waals surface area contributed by atoms with E-state index >= 15 is 0 Å². The Morgan fingerprint density at radius 3 is 2.96 bits per heavy atom. The molecule has 2 aromatic heterocycles. The number of nitrogens with zero attached hydrogens (tertiary/aromatic N) is 3. The predicted octanol–water partition coefficient (Wildman–Crippen LogP) is 3.71. The van der Waals surface area contributed by atoms with Crippen molar-refractivity contribution in [2.24, 2.45) is 5.92 Å². The number of hydrogen-bond donors (Lipinski definition) is 1. The second-order valence-corrected chi connectivity index (χ2v) is 7.70. The van der Waals surface area contributed by atoms with Gasteiger partial charge < -0.3 is 10.2 Å². The van der Waals surface area contributed by atoms with E-state index in [2.05, 4.69) is 33.8 Å². The average Bonchev–Trinajstić information content (AvgIpc) is 3.20. The molecule has 1 atom stereocenters. The van der Waals surface area contributed by atoms with Crippen molar-refractivity contribution in [2.75, 3.05) is 24.5 Å². The summed E-state index contributed by atoms with van der Waals surface area (Å²) in [6, 6.07) is 12.3. The van der Waals surface area contributed by atoms with E-state index in [1.165, 1.54) is 0 Å². The maximum absolute atomic E-state index is 11.2. The van der Waals surface area contributed by atoms with E-state index in [1.807, 2.05) is 18.2 Å². The van der Waals surface area contributed by atoms with Gasteiger partial charge in [-0.05, 0) is 42.3 Å². The van der Waals surface area contributed by atoms with E-state index in [1.54, 1.807) is 18.3 Å². The van der Waals surface area contributed by atoms with Crippen molar-refractivity contribution in [1.82, 2.24) is 15.3 Å². The number of amides is 1. The first-order valence-electron chi connectivity index (χ1n) is 9.01. The number of nitrogens with one attached hydrogen (secondary N) is 1. The van der Waals surface area contributed by atoms with Crippen LogP contribution in [0.15, 0.2) is 41.8 Å². The Morgan fingerprint density at radius 1 is 1.27 bits per heavy atom. The molecule has 5 nitrogen and oxygen atoms in total. The molecule has 0 radical (unpaired) electrons. The van der Waals surface area contributed by atoms with Gasteiger partial charge in [-0.25, -0.2) is 9.97 Å². The lowest BCUT2D eigenvalue weighted by molar-refractivity contribution is -0.119. The third-order valence-corrected chi connectivity index (χ3v) is 5.65. The molecule has 3 heterocycles. The molecular formula is C20H22N4OS. The average molecular weight is 366 g/mol. The Kier molecular flexibility index (Phi) is 4.84. The van der Waals surface area contributed by atoms with Gasteiger partial charge in [0, 0.05) is 31.9 Å². The van der Waals surface area contributed by atoms with Crippen LogP contribution >= 0.6 is 11.3 Å². The zero-order chi connectivity index (χ0) is 17.9. The summed E-state index contributed by atoms with van der Waals surface area (Å²) in [4.78, 5) is 24.4.